The molecule has 1 aliphatic rings. The van der Waals surface area contributed by atoms with Crippen LogP contribution in [0.15, 0.2) is 0 Å². The van der Waals surface area contributed by atoms with E-state index in [9.17, 15) is 0 Å². The zero-order chi connectivity index (χ0) is 14.4. The summed E-state index contributed by atoms with van der Waals surface area (Å²) in [5, 5.41) is 3.72. The summed E-state index contributed by atoms with van der Waals surface area (Å²) in [6.45, 7) is 16.5. The second-order valence-electron chi connectivity index (χ2n) is 7.41. The largest absolute Gasteiger partial charge is 0.311 e. The van der Waals surface area contributed by atoms with E-state index in [0.717, 1.165) is 6.54 Å². The minimum atomic E-state index is 0.226. The van der Waals surface area contributed by atoms with E-state index in [-0.39, 0.29) is 5.54 Å². The van der Waals surface area contributed by atoms with Crippen LogP contribution >= 0.6 is 11.8 Å². The molecule has 0 amide bonds. The van der Waals surface area contributed by atoms with Gasteiger partial charge in [0.1, 0.15) is 0 Å². The molecule has 0 aliphatic carbocycles. The van der Waals surface area contributed by atoms with Crippen molar-refractivity contribution in [3.63, 3.8) is 0 Å². The van der Waals surface area contributed by atoms with Crippen molar-refractivity contribution in [2.24, 2.45) is 5.41 Å². The third kappa shape index (κ3) is 7.57. The van der Waals surface area contributed by atoms with Gasteiger partial charge < -0.3 is 10.2 Å². The van der Waals surface area contributed by atoms with Crippen LogP contribution in [-0.4, -0.2) is 48.1 Å². The molecule has 3 heteroatoms. The Morgan fingerprint density at radius 2 is 1.84 bits per heavy atom. The first-order valence-electron chi connectivity index (χ1n) is 7.90. The van der Waals surface area contributed by atoms with Gasteiger partial charge >= 0.3 is 0 Å². The molecule has 114 valence electrons. The van der Waals surface area contributed by atoms with E-state index in [1.54, 1.807) is 0 Å². The summed E-state index contributed by atoms with van der Waals surface area (Å²) in [5.74, 6) is 2.66. The van der Waals surface area contributed by atoms with Crippen LogP contribution in [0.5, 0.6) is 0 Å². The van der Waals surface area contributed by atoms with E-state index in [1.807, 2.05) is 0 Å². The Labute approximate surface area is 125 Å². The molecular formula is C16H34N2S. The van der Waals surface area contributed by atoms with Crippen molar-refractivity contribution in [1.82, 2.24) is 10.2 Å². The minimum Gasteiger partial charge on any atom is -0.311 e. The molecule has 1 N–H and O–H groups in total. The monoisotopic (exact) mass is 286 g/mol. The Balaban J connectivity index is 2.53. The summed E-state index contributed by atoms with van der Waals surface area (Å²) in [6, 6.07) is 0. The molecular weight excluding hydrogens is 252 g/mol. The SMILES string of the molecule is CCCC(C)(CNC(C)(C)C)CN1CCCSCC1. The molecule has 0 aromatic carbocycles. The molecule has 1 saturated heterocycles. The van der Waals surface area contributed by atoms with Crippen LogP contribution in [-0.2, 0) is 0 Å². The van der Waals surface area contributed by atoms with Crippen molar-refractivity contribution in [2.75, 3.05) is 37.7 Å². The fourth-order valence-corrected chi connectivity index (χ4v) is 3.73. The third-order valence-electron chi connectivity index (χ3n) is 3.82. The van der Waals surface area contributed by atoms with Crippen LogP contribution in [0.25, 0.3) is 0 Å². The van der Waals surface area contributed by atoms with Gasteiger partial charge in [-0.25, -0.2) is 0 Å². The summed E-state index contributed by atoms with van der Waals surface area (Å²) in [5.41, 5.74) is 0.640. The van der Waals surface area contributed by atoms with Crippen LogP contribution in [0.1, 0.15) is 53.9 Å². The van der Waals surface area contributed by atoms with Gasteiger partial charge in [0.2, 0.25) is 0 Å². The highest BCUT2D eigenvalue weighted by atomic mass is 32.2. The van der Waals surface area contributed by atoms with Crippen molar-refractivity contribution in [2.45, 2.75) is 59.4 Å². The van der Waals surface area contributed by atoms with Gasteiger partial charge in [0, 0.05) is 30.9 Å². The van der Waals surface area contributed by atoms with E-state index < -0.39 is 0 Å². The van der Waals surface area contributed by atoms with Crippen molar-refractivity contribution < 1.29 is 0 Å². The molecule has 0 bridgehead atoms. The van der Waals surface area contributed by atoms with Gasteiger partial charge in [-0.1, -0.05) is 20.3 Å². The van der Waals surface area contributed by atoms with Gasteiger partial charge in [0.25, 0.3) is 0 Å². The highest BCUT2D eigenvalue weighted by Gasteiger charge is 2.28. The molecule has 2 nitrogen and oxygen atoms in total. The van der Waals surface area contributed by atoms with Crippen molar-refractivity contribution in [3.8, 4) is 0 Å². The fraction of sp³-hybridized carbons (Fsp3) is 1.00. The molecule has 1 atom stereocenters. The molecule has 1 unspecified atom stereocenters. The molecule has 0 radical (unpaired) electrons. The second kappa shape index (κ2) is 7.90. The maximum Gasteiger partial charge on any atom is 0.00967 e. The van der Waals surface area contributed by atoms with Crippen molar-refractivity contribution in [1.29, 1.82) is 0 Å². The maximum absolute atomic E-state index is 3.72. The number of nitrogens with one attached hydrogen (secondary N) is 1. The normalized spacial score (nSPS) is 21.9. The number of hydrogen-bond donors (Lipinski definition) is 1. The molecule has 0 aromatic heterocycles. The Hall–Kier alpha value is 0.270. The number of hydrogen-bond acceptors (Lipinski definition) is 3. The highest BCUT2D eigenvalue weighted by molar-refractivity contribution is 7.99. The quantitative estimate of drug-likeness (QED) is 0.803. The van der Waals surface area contributed by atoms with Gasteiger partial charge in [-0.05, 0) is 51.3 Å². The topological polar surface area (TPSA) is 15.3 Å². The Kier molecular flexibility index (Phi) is 7.20. The average Bonchev–Trinajstić information content (AvgIpc) is 2.55. The van der Waals surface area contributed by atoms with E-state index in [2.05, 4.69) is 56.6 Å². The van der Waals surface area contributed by atoms with Gasteiger partial charge in [-0.3, -0.25) is 0 Å². The lowest BCUT2D eigenvalue weighted by atomic mass is 9.84. The van der Waals surface area contributed by atoms with E-state index in [4.69, 9.17) is 0 Å². The average molecular weight is 287 g/mol. The molecule has 19 heavy (non-hydrogen) atoms. The van der Waals surface area contributed by atoms with Gasteiger partial charge in [-0.15, -0.1) is 0 Å². The Morgan fingerprint density at radius 3 is 2.47 bits per heavy atom. The fourth-order valence-electron chi connectivity index (χ4n) is 2.80. The number of nitrogens with zero attached hydrogens (tertiary/aromatic N) is 1. The molecule has 0 spiro atoms. The molecule has 1 fully saturated rings. The predicted octanol–water partition coefficient (Wildman–Crippen LogP) is 3.62. The van der Waals surface area contributed by atoms with E-state index in [0.29, 0.717) is 5.41 Å². The Morgan fingerprint density at radius 1 is 1.11 bits per heavy atom. The predicted molar refractivity (Wildman–Crippen MR) is 89.2 cm³/mol. The molecule has 1 rings (SSSR count). The smallest absolute Gasteiger partial charge is 0.00967 e. The van der Waals surface area contributed by atoms with Crippen LogP contribution in [0, 0.1) is 5.41 Å². The first-order valence-corrected chi connectivity index (χ1v) is 9.05. The highest BCUT2D eigenvalue weighted by Crippen LogP contribution is 2.26. The standard InChI is InChI=1S/C16H34N2S/c1-6-8-16(5,13-17-15(2,3)4)14-18-9-7-11-19-12-10-18/h17H,6-14H2,1-5H3. The zero-order valence-corrected chi connectivity index (χ0v) is 14.5. The Bertz CT molecular complexity index is 242. The van der Waals surface area contributed by atoms with Crippen molar-refractivity contribution in [3.05, 3.63) is 0 Å². The molecule has 0 saturated carbocycles. The first-order chi connectivity index (χ1) is 8.85. The van der Waals surface area contributed by atoms with E-state index in [1.165, 1.54) is 50.4 Å². The summed E-state index contributed by atoms with van der Waals surface area (Å²) < 4.78 is 0. The summed E-state index contributed by atoms with van der Waals surface area (Å²) in [7, 11) is 0. The molecule has 0 aromatic rings. The van der Waals surface area contributed by atoms with Crippen LogP contribution in [0.4, 0.5) is 0 Å². The third-order valence-corrected chi connectivity index (χ3v) is 4.87. The molecule has 1 heterocycles. The number of rotatable bonds is 6. The van der Waals surface area contributed by atoms with Crippen molar-refractivity contribution >= 4 is 11.8 Å². The second-order valence-corrected chi connectivity index (χ2v) is 8.63. The van der Waals surface area contributed by atoms with Gasteiger partial charge in [-0.2, -0.15) is 11.8 Å². The van der Waals surface area contributed by atoms with E-state index >= 15 is 0 Å². The minimum absolute atomic E-state index is 0.226. The lowest BCUT2D eigenvalue weighted by Gasteiger charge is -2.37. The molecule has 1 aliphatic heterocycles. The maximum atomic E-state index is 3.72. The lowest BCUT2D eigenvalue weighted by molar-refractivity contribution is 0.147. The lowest BCUT2D eigenvalue weighted by Crippen LogP contribution is -2.48. The van der Waals surface area contributed by atoms with Crippen LogP contribution in [0.3, 0.4) is 0 Å². The van der Waals surface area contributed by atoms with Crippen LogP contribution < -0.4 is 5.32 Å². The van der Waals surface area contributed by atoms with Crippen LogP contribution in [0.2, 0.25) is 0 Å². The van der Waals surface area contributed by atoms with Gasteiger partial charge in [0.05, 0.1) is 0 Å². The first kappa shape index (κ1) is 17.3. The zero-order valence-electron chi connectivity index (χ0n) is 13.7. The summed E-state index contributed by atoms with van der Waals surface area (Å²) in [4.78, 5) is 2.69. The summed E-state index contributed by atoms with van der Waals surface area (Å²) in [6.07, 6.45) is 3.96. The number of thioether (sulfide) groups is 1. The summed E-state index contributed by atoms with van der Waals surface area (Å²) >= 11 is 2.12. The van der Waals surface area contributed by atoms with Gasteiger partial charge in [0.15, 0.2) is 0 Å².